The summed E-state index contributed by atoms with van der Waals surface area (Å²) >= 11 is 0. The molecule has 1 aromatic carbocycles. The third-order valence-corrected chi connectivity index (χ3v) is 2.63. The van der Waals surface area contributed by atoms with Crippen molar-refractivity contribution in [2.75, 3.05) is 0 Å². The molecule has 2 rings (SSSR count). The van der Waals surface area contributed by atoms with Gasteiger partial charge < -0.3 is 0 Å². The summed E-state index contributed by atoms with van der Waals surface area (Å²) in [4.78, 5) is 4.08. The molecule has 2 nitrogen and oxygen atoms in total. The molecule has 0 aliphatic carbocycles. The van der Waals surface area contributed by atoms with Gasteiger partial charge in [-0.1, -0.05) is 37.3 Å². The van der Waals surface area contributed by atoms with E-state index in [-0.39, 0.29) is 0 Å². The molecule has 0 aliphatic heterocycles. The van der Waals surface area contributed by atoms with Gasteiger partial charge in [0, 0.05) is 18.0 Å². The summed E-state index contributed by atoms with van der Waals surface area (Å²) in [6.07, 6.45) is 8.61. The van der Waals surface area contributed by atoms with Crippen LogP contribution >= 0.6 is 0 Å². The highest BCUT2D eigenvalue weighted by Gasteiger charge is 2.00. The topological polar surface area (TPSA) is 36.7 Å². The van der Waals surface area contributed by atoms with Gasteiger partial charge >= 0.3 is 0 Å². The van der Waals surface area contributed by atoms with Crippen LogP contribution in [0.5, 0.6) is 0 Å². The van der Waals surface area contributed by atoms with Gasteiger partial charge in [-0.2, -0.15) is 5.26 Å². The Kier molecular flexibility index (Phi) is 3.88. The first-order valence-corrected chi connectivity index (χ1v) is 5.95. The van der Waals surface area contributed by atoms with Crippen LogP contribution < -0.4 is 0 Å². The van der Waals surface area contributed by atoms with Crippen LogP contribution in [-0.4, -0.2) is 4.98 Å². The Hall–Kier alpha value is -2.40. The van der Waals surface area contributed by atoms with E-state index in [1.807, 2.05) is 18.2 Å². The maximum atomic E-state index is 8.88. The highest BCUT2D eigenvalue weighted by molar-refractivity contribution is 5.67. The molecular formula is C16H14N2. The lowest BCUT2D eigenvalue weighted by atomic mass is 10.0. The molecule has 1 aromatic heterocycles. The van der Waals surface area contributed by atoms with E-state index in [4.69, 9.17) is 5.26 Å². The van der Waals surface area contributed by atoms with Gasteiger partial charge in [0.1, 0.15) is 6.07 Å². The highest BCUT2D eigenvalue weighted by Crippen LogP contribution is 2.21. The molecule has 1 heterocycles. The molecule has 0 saturated carbocycles. The van der Waals surface area contributed by atoms with Crippen molar-refractivity contribution in [1.82, 2.24) is 4.98 Å². The fourth-order valence-corrected chi connectivity index (χ4v) is 1.73. The Bertz CT molecular complexity index is 606. The van der Waals surface area contributed by atoms with Crippen LogP contribution in [0.25, 0.3) is 17.2 Å². The summed E-state index contributed by atoms with van der Waals surface area (Å²) in [6, 6.07) is 12.2. The third-order valence-electron chi connectivity index (χ3n) is 2.63. The second-order valence-electron chi connectivity index (χ2n) is 4.01. The highest BCUT2D eigenvalue weighted by atomic mass is 14.6. The fraction of sp³-hybridized carbons (Fsp3) is 0.125. The number of nitriles is 1. The smallest absolute Gasteiger partial charge is 0.101 e. The lowest BCUT2D eigenvalue weighted by molar-refractivity contribution is 1.23. The predicted molar refractivity (Wildman–Crippen MR) is 73.7 cm³/mol. The number of pyridine rings is 1. The van der Waals surface area contributed by atoms with E-state index in [9.17, 15) is 0 Å². The number of nitrogens with zero attached hydrogens (tertiary/aromatic N) is 2. The van der Waals surface area contributed by atoms with Crippen molar-refractivity contribution in [3.05, 3.63) is 59.9 Å². The van der Waals surface area contributed by atoms with E-state index < -0.39 is 0 Å². The Morgan fingerprint density at radius 1 is 1.22 bits per heavy atom. The standard InChI is InChI=1S/C16H14N2/c1-2-3-5-13-6-4-7-15(8-13)16-9-14(10-17)11-18-12-16/h3-9,11-12H,2H2,1H3/b5-3+. The molecule has 88 valence electrons. The van der Waals surface area contributed by atoms with Crippen LogP contribution in [0.3, 0.4) is 0 Å². The first-order valence-electron chi connectivity index (χ1n) is 5.95. The average molecular weight is 234 g/mol. The molecule has 0 radical (unpaired) electrons. The van der Waals surface area contributed by atoms with Crippen LogP contribution in [-0.2, 0) is 0 Å². The Balaban J connectivity index is 2.38. The van der Waals surface area contributed by atoms with Crippen molar-refractivity contribution in [3.63, 3.8) is 0 Å². The molecule has 0 fully saturated rings. The number of aromatic nitrogens is 1. The minimum Gasteiger partial charge on any atom is -0.263 e. The molecule has 18 heavy (non-hydrogen) atoms. The van der Waals surface area contributed by atoms with Crippen molar-refractivity contribution in [2.45, 2.75) is 13.3 Å². The molecule has 0 aliphatic rings. The summed E-state index contributed by atoms with van der Waals surface area (Å²) in [5.74, 6) is 0. The second-order valence-corrected chi connectivity index (χ2v) is 4.01. The first kappa shape index (κ1) is 12.1. The normalized spacial score (nSPS) is 10.4. The van der Waals surface area contributed by atoms with Crippen LogP contribution in [0, 0.1) is 11.3 Å². The zero-order valence-corrected chi connectivity index (χ0v) is 10.3. The van der Waals surface area contributed by atoms with E-state index in [0.717, 1.165) is 23.1 Å². The van der Waals surface area contributed by atoms with Gasteiger partial charge in [-0.15, -0.1) is 0 Å². The van der Waals surface area contributed by atoms with Crippen molar-refractivity contribution >= 4 is 6.08 Å². The summed E-state index contributed by atoms with van der Waals surface area (Å²) in [7, 11) is 0. The van der Waals surface area contributed by atoms with Crippen molar-refractivity contribution < 1.29 is 0 Å². The van der Waals surface area contributed by atoms with E-state index in [1.165, 1.54) is 0 Å². The van der Waals surface area contributed by atoms with E-state index in [2.05, 4.69) is 42.3 Å². The van der Waals surface area contributed by atoms with Crippen LogP contribution in [0.2, 0.25) is 0 Å². The minimum absolute atomic E-state index is 0.585. The maximum Gasteiger partial charge on any atom is 0.101 e. The summed E-state index contributed by atoms with van der Waals surface area (Å²) in [5, 5.41) is 8.88. The van der Waals surface area contributed by atoms with Crippen LogP contribution in [0.15, 0.2) is 48.8 Å². The number of benzene rings is 1. The zero-order valence-electron chi connectivity index (χ0n) is 10.3. The lowest BCUT2D eigenvalue weighted by Gasteiger charge is -2.03. The Morgan fingerprint density at radius 3 is 2.89 bits per heavy atom. The molecule has 0 N–H and O–H groups in total. The molecule has 2 aromatic rings. The Morgan fingerprint density at radius 2 is 2.11 bits per heavy atom. The Labute approximate surface area is 107 Å². The van der Waals surface area contributed by atoms with Gasteiger partial charge in [-0.05, 0) is 29.7 Å². The molecule has 0 spiro atoms. The molecule has 0 atom stereocenters. The number of hydrogen-bond donors (Lipinski definition) is 0. The molecule has 2 heteroatoms. The minimum atomic E-state index is 0.585. The monoisotopic (exact) mass is 234 g/mol. The third kappa shape index (κ3) is 2.83. The fourth-order valence-electron chi connectivity index (χ4n) is 1.73. The summed E-state index contributed by atoms with van der Waals surface area (Å²) in [6.45, 7) is 2.11. The summed E-state index contributed by atoms with van der Waals surface area (Å²) < 4.78 is 0. The van der Waals surface area contributed by atoms with E-state index in [1.54, 1.807) is 12.4 Å². The van der Waals surface area contributed by atoms with E-state index in [0.29, 0.717) is 5.56 Å². The molecule has 0 bridgehead atoms. The first-order chi connectivity index (χ1) is 8.83. The van der Waals surface area contributed by atoms with Gasteiger partial charge in [-0.3, -0.25) is 4.98 Å². The van der Waals surface area contributed by atoms with E-state index >= 15 is 0 Å². The van der Waals surface area contributed by atoms with Crippen molar-refractivity contribution in [3.8, 4) is 17.2 Å². The van der Waals surface area contributed by atoms with Gasteiger partial charge in [0.05, 0.1) is 5.56 Å². The largest absolute Gasteiger partial charge is 0.263 e. The molecule has 0 amide bonds. The van der Waals surface area contributed by atoms with Crippen molar-refractivity contribution in [2.24, 2.45) is 0 Å². The van der Waals surface area contributed by atoms with Gasteiger partial charge in [0.25, 0.3) is 0 Å². The zero-order chi connectivity index (χ0) is 12.8. The molecular weight excluding hydrogens is 220 g/mol. The van der Waals surface area contributed by atoms with Gasteiger partial charge in [-0.25, -0.2) is 0 Å². The quantitative estimate of drug-likeness (QED) is 0.803. The second kappa shape index (κ2) is 5.79. The number of allylic oxidation sites excluding steroid dienone is 1. The van der Waals surface area contributed by atoms with Crippen LogP contribution in [0.1, 0.15) is 24.5 Å². The van der Waals surface area contributed by atoms with Gasteiger partial charge in [0.15, 0.2) is 0 Å². The predicted octanol–water partition coefficient (Wildman–Crippen LogP) is 4.04. The van der Waals surface area contributed by atoms with Gasteiger partial charge in [0.2, 0.25) is 0 Å². The number of hydrogen-bond acceptors (Lipinski definition) is 2. The van der Waals surface area contributed by atoms with Crippen LogP contribution in [0.4, 0.5) is 0 Å². The SMILES string of the molecule is CC/C=C/c1cccc(-c2cncc(C#N)c2)c1. The summed E-state index contributed by atoms with van der Waals surface area (Å²) in [5.41, 5.74) is 3.80. The average Bonchev–Trinajstić information content (AvgIpc) is 2.45. The lowest BCUT2D eigenvalue weighted by Crippen LogP contribution is -1.84. The molecule has 0 unspecified atom stereocenters. The molecule has 0 saturated heterocycles. The van der Waals surface area contributed by atoms with Crippen molar-refractivity contribution in [1.29, 1.82) is 5.26 Å². The maximum absolute atomic E-state index is 8.88. The number of rotatable bonds is 3.